The molecule has 0 spiro atoms. The molecule has 0 saturated heterocycles. The molecule has 2 aliphatic carbocycles. The van der Waals surface area contributed by atoms with E-state index in [9.17, 15) is 14.7 Å². The summed E-state index contributed by atoms with van der Waals surface area (Å²) in [5.41, 5.74) is -1.07. The summed E-state index contributed by atoms with van der Waals surface area (Å²) >= 11 is 0. The van der Waals surface area contributed by atoms with Crippen LogP contribution in [0, 0.1) is 11.8 Å². The minimum absolute atomic E-state index is 0.158. The van der Waals surface area contributed by atoms with Gasteiger partial charge in [0.1, 0.15) is 5.54 Å². The van der Waals surface area contributed by atoms with Gasteiger partial charge in [-0.3, -0.25) is 0 Å². The lowest BCUT2D eigenvalue weighted by Gasteiger charge is -2.36. The summed E-state index contributed by atoms with van der Waals surface area (Å²) in [4.78, 5) is 23.8. The Morgan fingerprint density at radius 2 is 1.86 bits per heavy atom. The molecular weight excluding hydrogens is 268 g/mol. The Kier molecular flexibility index (Phi) is 5.12. The molecule has 0 radical (unpaired) electrons. The van der Waals surface area contributed by atoms with Gasteiger partial charge in [0.05, 0.1) is 0 Å². The number of urea groups is 1. The number of carboxylic acid groups (broad SMARTS) is 1. The zero-order valence-corrected chi connectivity index (χ0v) is 13.2. The minimum Gasteiger partial charge on any atom is -0.480 e. The van der Waals surface area contributed by atoms with Gasteiger partial charge in [-0.15, -0.1) is 0 Å². The molecule has 1 atom stereocenters. The maximum Gasteiger partial charge on any atom is 0.329 e. The molecule has 0 aromatic carbocycles. The van der Waals surface area contributed by atoms with E-state index in [1.807, 2.05) is 0 Å². The lowest BCUT2D eigenvalue weighted by Crippen LogP contribution is -2.59. The predicted molar refractivity (Wildman–Crippen MR) is 81.1 cm³/mol. The summed E-state index contributed by atoms with van der Waals surface area (Å²) in [5, 5.41) is 15.3. The van der Waals surface area contributed by atoms with Crippen LogP contribution in [0.15, 0.2) is 0 Å². The van der Waals surface area contributed by atoms with Crippen LogP contribution in [0.2, 0.25) is 0 Å². The average molecular weight is 296 g/mol. The normalized spacial score (nSPS) is 30.5. The Morgan fingerprint density at radius 1 is 1.24 bits per heavy atom. The molecule has 2 fully saturated rings. The quantitative estimate of drug-likeness (QED) is 0.705. The molecular formula is C16H28N2O3. The van der Waals surface area contributed by atoms with Crippen LogP contribution < -0.4 is 10.6 Å². The van der Waals surface area contributed by atoms with E-state index in [0.29, 0.717) is 18.8 Å². The first-order chi connectivity index (χ1) is 9.95. The van der Waals surface area contributed by atoms with Gasteiger partial charge in [0.15, 0.2) is 0 Å². The molecule has 5 heteroatoms. The van der Waals surface area contributed by atoms with Crippen molar-refractivity contribution in [1.82, 2.24) is 10.6 Å². The topological polar surface area (TPSA) is 78.4 Å². The van der Waals surface area contributed by atoms with Gasteiger partial charge in [-0.25, -0.2) is 9.59 Å². The summed E-state index contributed by atoms with van der Waals surface area (Å²) in [6.07, 6.45) is 7.18. The molecule has 0 bridgehead atoms. The standard InChI is InChI=1S/C16H28N2O3/c1-3-13(10-12-4-5-12)17-15(21)18-16(14(19)20)8-6-11(2)7-9-16/h11-13H,3-10H2,1-2H3,(H,19,20)(H2,17,18,21). The molecule has 21 heavy (non-hydrogen) atoms. The Morgan fingerprint density at radius 3 is 2.33 bits per heavy atom. The first-order valence-corrected chi connectivity index (χ1v) is 8.27. The molecule has 2 rings (SSSR count). The van der Waals surface area contributed by atoms with E-state index in [1.165, 1.54) is 12.8 Å². The third-order valence-corrected chi connectivity index (χ3v) is 5.03. The van der Waals surface area contributed by atoms with Crippen molar-refractivity contribution in [2.45, 2.75) is 76.8 Å². The van der Waals surface area contributed by atoms with Crippen LogP contribution in [0.1, 0.15) is 65.2 Å². The van der Waals surface area contributed by atoms with Gasteiger partial charge in [-0.2, -0.15) is 0 Å². The van der Waals surface area contributed by atoms with Crippen LogP contribution in [0.25, 0.3) is 0 Å². The maximum absolute atomic E-state index is 12.2. The van der Waals surface area contributed by atoms with Crippen molar-refractivity contribution >= 4 is 12.0 Å². The van der Waals surface area contributed by atoms with Crippen LogP contribution in [0.4, 0.5) is 4.79 Å². The molecule has 2 aliphatic rings. The number of aliphatic carboxylic acids is 1. The highest BCUT2D eigenvalue weighted by Crippen LogP contribution is 2.34. The number of carboxylic acids is 1. The number of rotatable bonds is 6. The average Bonchev–Trinajstić information content (AvgIpc) is 3.24. The highest BCUT2D eigenvalue weighted by Gasteiger charge is 2.42. The van der Waals surface area contributed by atoms with Gasteiger partial charge in [0.25, 0.3) is 0 Å². The Labute approximate surface area is 126 Å². The summed E-state index contributed by atoms with van der Waals surface area (Å²) in [5.74, 6) is 0.389. The summed E-state index contributed by atoms with van der Waals surface area (Å²) in [6.45, 7) is 4.19. The molecule has 5 nitrogen and oxygen atoms in total. The van der Waals surface area contributed by atoms with Crippen molar-refractivity contribution < 1.29 is 14.7 Å². The van der Waals surface area contributed by atoms with E-state index in [1.54, 1.807) is 0 Å². The zero-order valence-electron chi connectivity index (χ0n) is 13.2. The number of hydrogen-bond donors (Lipinski definition) is 3. The largest absolute Gasteiger partial charge is 0.480 e. The third kappa shape index (κ3) is 4.35. The first-order valence-electron chi connectivity index (χ1n) is 8.27. The predicted octanol–water partition coefficient (Wildman–Crippen LogP) is 2.90. The molecule has 0 aliphatic heterocycles. The number of amides is 2. The van der Waals surface area contributed by atoms with E-state index < -0.39 is 11.5 Å². The molecule has 120 valence electrons. The van der Waals surface area contributed by atoms with Gasteiger partial charge < -0.3 is 15.7 Å². The molecule has 1 unspecified atom stereocenters. The van der Waals surface area contributed by atoms with E-state index in [2.05, 4.69) is 24.5 Å². The maximum atomic E-state index is 12.2. The molecule has 0 heterocycles. The Hall–Kier alpha value is -1.26. The Bertz CT molecular complexity index is 385. The van der Waals surface area contributed by atoms with Crippen molar-refractivity contribution in [3.05, 3.63) is 0 Å². The summed E-state index contributed by atoms with van der Waals surface area (Å²) in [6, 6.07) is -0.162. The van der Waals surface area contributed by atoms with Crippen molar-refractivity contribution in [3.63, 3.8) is 0 Å². The lowest BCUT2D eigenvalue weighted by molar-refractivity contribution is -0.146. The molecule has 2 saturated carbocycles. The number of carbonyl (C=O) groups is 2. The fourth-order valence-corrected chi connectivity index (χ4v) is 3.17. The van der Waals surface area contributed by atoms with Gasteiger partial charge in [0, 0.05) is 6.04 Å². The van der Waals surface area contributed by atoms with Gasteiger partial charge >= 0.3 is 12.0 Å². The summed E-state index contributed by atoms with van der Waals surface area (Å²) < 4.78 is 0. The first kappa shape index (κ1) is 16.1. The van der Waals surface area contributed by atoms with E-state index in [0.717, 1.165) is 31.6 Å². The number of carbonyl (C=O) groups excluding carboxylic acids is 1. The monoisotopic (exact) mass is 296 g/mol. The van der Waals surface area contributed by atoms with Gasteiger partial charge in [0.2, 0.25) is 0 Å². The van der Waals surface area contributed by atoms with Crippen LogP contribution in [0.3, 0.4) is 0 Å². The van der Waals surface area contributed by atoms with E-state index in [4.69, 9.17) is 0 Å². The van der Waals surface area contributed by atoms with Crippen LogP contribution in [-0.2, 0) is 4.79 Å². The zero-order chi connectivity index (χ0) is 15.5. The summed E-state index contributed by atoms with van der Waals surface area (Å²) in [7, 11) is 0. The molecule has 0 aromatic heterocycles. The van der Waals surface area contributed by atoms with E-state index in [-0.39, 0.29) is 12.1 Å². The van der Waals surface area contributed by atoms with Gasteiger partial charge in [-0.1, -0.05) is 26.7 Å². The fourth-order valence-electron chi connectivity index (χ4n) is 3.17. The highest BCUT2D eigenvalue weighted by atomic mass is 16.4. The van der Waals surface area contributed by atoms with Gasteiger partial charge in [-0.05, 0) is 50.4 Å². The van der Waals surface area contributed by atoms with Crippen LogP contribution in [0.5, 0.6) is 0 Å². The third-order valence-electron chi connectivity index (χ3n) is 5.03. The minimum atomic E-state index is -1.07. The van der Waals surface area contributed by atoms with Crippen LogP contribution >= 0.6 is 0 Å². The van der Waals surface area contributed by atoms with Crippen molar-refractivity contribution in [2.75, 3.05) is 0 Å². The fraction of sp³-hybridized carbons (Fsp3) is 0.875. The van der Waals surface area contributed by atoms with Crippen LogP contribution in [-0.4, -0.2) is 28.7 Å². The van der Waals surface area contributed by atoms with E-state index >= 15 is 0 Å². The van der Waals surface area contributed by atoms with Crippen molar-refractivity contribution in [2.24, 2.45) is 11.8 Å². The molecule has 0 aromatic rings. The second kappa shape index (κ2) is 6.67. The number of hydrogen-bond acceptors (Lipinski definition) is 2. The Balaban J connectivity index is 1.89. The second-order valence-corrected chi connectivity index (χ2v) is 6.95. The smallest absolute Gasteiger partial charge is 0.329 e. The lowest BCUT2D eigenvalue weighted by atomic mass is 9.77. The van der Waals surface area contributed by atoms with Crippen molar-refractivity contribution in [1.29, 1.82) is 0 Å². The highest BCUT2D eigenvalue weighted by molar-refractivity contribution is 5.86. The SMILES string of the molecule is CCC(CC1CC1)NC(=O)NC1(C(=O)O)CCC(C)CC1. The molecule has 2 amide bonds. The second-order valence-electron chi connectivity index (χ2n) is 6.95. The molecule has 3 N–H and O–H groups in total. The van der Waals surface area contributed by atoms with Crippen molar-refractivity contribution in [3.8, 4) is 0 Å². The number of nitrogens with one attached hydrogen (secondary N) is 2.